The Kier molecular flexibility index (Phi) is 6.12. The maximum Gasteiger partial charge on any atom is 0.262 e. The molecular formula is C27H22N2O5S. The van der Waals surface area contributed by atoms with Crippen LogP contribution in [0.15, 0.2) is 102 Å². The summed E-state index contributed by atoms with van der Waals surface area (Å²) in [7, 11) is -3.99. The van der Waals surface area contributed by atoms with E-state index in [4.69, 9.17) is 9.47 Å². The summed E-state index contributed by atoms with van der Waals surface area (Å²) in [6, 6.07) is 28.0. The maximum atomic E-state index is 13.2. The number of ether oxygens (including phenoxy) is 2. The minimum Gasteiger partial charge on any atom is -0.486 e. The fourth-order valence-electron chi connectivity index (χ4n) is 3.82. The predicted molar refractivity (Wildman–Crippen MR) is 135 cm³/mol. The van der Waals surface area contributed by atoms with Crippen LogP contribution >= 0.6 is 0 Å². The number of carbonyl (C=O) groups excluding carboxylic acids is 1. The van der Waals surface area contributed by atoms with E-state index in [-0.39, 0.29) is 16.1 Å². The second kappa shape index (κ2) is 9.52. The third-order valence-electron chi connectivity index (χ3n) is 5.50. The first-order chi connectivity index (χ1) is 17.0. The van der Waals surface area contributed by atoms with Crippen molar-refractivity contribution in [2.45, 2.75) is 4.90 Å². The molecule has 1 amide bonds. The molecule has 1 heterocycles. The lowest BCUT2D eigenvalue weighted by Gasteiger charge is -2.19. The largest absolute Gasteiger partial charge is 0.486 e. The van der Waals surface area contributed by atoms with E-state index in [0.29, 0.717) is 30.4 Å². The molecule has 0 radical (unpaired) electrons. The van der Waals surface area contributed by atoms with Gasteiger partial charge >= 0.3 is 0 Å². The third kappa shape index (κ3) is 4.83. The number of sulfonamides is 1. The first-order valence-electron chi connectivity index (χ1n) is 11.0. The molecule has 35 heavy (non-hydrogen) atoms. The quantitative estimate of drug-likeness (QED) is 0.392. The van der Waals surface area contributed by atoms with Crippen LogP contribution < -0.4 is 19.5 Å². The summed E-state index contributed by atoms with van der Waals surface area (Å²) in [5, 5.41) is 2.92. The first-order valence-corrected chi connectivity index (χ1v) is 12.5. The Morgan fingerprint density at radius 3 is 2.17 bits per heavy atom. The van der Waals surface area contributed by atoms with Gasteiger partial charge in [0.1, 0.15) is 13.2 Å². The summed E-state index contributed by atoms with van der Waals surface area (Å²) in [6.45, 7) is 0.755. The summed E-state index contributed by atoms with van der Waals surface area (Å²) in [5.74, 6) is 0.420. The van der Waals surface area contributed by atoms with Gasteiger partial charge in [0.05, 0.1) is 16.1 Å². The van der Waals surface area contributed by atoms with E-state index in [2.05, 4.69) is 10.0 Å². The number of fused-ring (bicyclic) bond motifs is 1. The smallest absolute Gasteiger partial charge is 0.262 e. The Balaban J connectivity index is 1.42. The zero-order chi connectivity index (χ0) is 24.3. The SMILES string of the molecule is O=C(Nc1ccccc1-c1ccccc1)c1ccccc1NS(=O)(=O)c1ccc2c(c1)OCCO2. The van der Waals surface area contributed by atoms with Crippen LogP contribution in [0.3, 0.4) is 0 Å². The van der Waals surface area contributed by atoms with Gasteiger partial charge in [0.2, 0.25) is 0 Å². The molecule has 7 nitrogen and oxygen atoms in total. The molecule has 0 bridgehead atoms. The van der Waals surface area contributed by atoms with Gasteiger partial charge in [0.25, 0.3) is 15.9 Å². The standard InChI is InChI=1S/C27H22N2O5S/c30-27(28-23-12-6-4-10-21(23)19-8-2-1-3-9-19)22-11-5-7-13-24(22)29-35(31,32)20-14-15-25-26(18-20)34-17-16-33-25/h1-15,18,29H,16-17H2,(H,28,30). The molecule has 4 aromatic rings. The Hall–Kier alpha value is -4.30. The summed E-state index contributed by atoms with van der Waals surface area (Å²) in [6.07, 6.45) is 0. The van der Waals surface area contributed by atoms with Crippen molar-refractivity contribution in [2.24, 2.45) is 0 Å². The van der Waals surface area contributed by atoms with Gasteiger partial charge < -0.3 is 14.8 Å². The fourth-order valence-corrected chi connectivity index (χ4v) is 4.91. The molecule has 0 aliphatic carbocycles. The van der Waals surface area contributed by atoms with Crippen molar-refractivity contribution in [3.63, 3.8) is 0 Å². The molecule has 0 fully saturated rings. The lowest BCUT2D eigenvalue weighted by molar-refractivity contribution is 0.102. The molecule has 0 saturated heterocycles. The summed E-state index contributed by atoms with van der Waals surface area (Å²) in [4.78, 5) is 13.3. The van der Waals surface area contributed by atoms with Crippen molar-refractivity contribution >= 4 is 27.3 Å². The number of carbonyl (C=O) groups is 1. The van der Waals surface area contributed by atoms with Crippen molar-refractivity contribution < 1.29 is 22.7 Å². The first kappa shape index (κ1) is 22.5. The van der Waals surface area contributed by atoms with Gasteiger partial charge in [0, 0.05) is 17.3 Å². The highest BCUT2D eigenvalue weighted by Gasteiger charge is 2.22. The van der Waals surface area contributed by atoms with Crippen molar-refractivity contribution in [3.8, 4) is 22.6 Å². The number of hydrogen-bond acceptors (Lipinski definition) is 5. The van der Waals surface area contributed by atoms with E-state index in [1.54, 1.807) is 30.3 Å². The lowest BCUT2D eigenvalue weighted by Crippen LogP contribution is -2.20. The van der Waals surface area contributed by atoms with Crippen molar-refractivity contribution in [3.05, 3.63) is 103 Å². The number of hydrogen-bond donors (Lipinski definition) is 2. The topological polar surface area (TPSA) is 93.7 Å². The predicted octanol–water partition coefficient (Wildman–Crippen LogP) is 5.18. The second-order valence-electron chi connectivity index (χ2n) is 7.82. The van der Waals surface area contributed by atoms with Crippen molar-refractivity contribution in [2.75, 3.05) is 23.3 Å². The Morgan fingerprint density at radius 2 is 1.37 bits per heavy atom. The number of benzene rings is 4. The zero-order valence-corrected chi connectivity index (χ0v) is 19.4. The molecule has 0 aromatic heterocycles. The summed E-state index contributed by atoms with van der Waals surface area (Å²) < 4.78 is 39.7. The third-order valence-corrected chi connectivity index (χ3v) is 6.86. The molecule has 2 N–H and O–H groups in total. The molecule has 1 aliphatic rings. The van der Waals surface area contributed by atoms with Crippen LogP contribution in [0.4, 0.5) is 11.4 Å². The lowest BCUT2D eigenvalue weighted by atomic mass is 10.0. The number of anilines is 2. The van der Waals surface area contributed by atoms with Gasteiger partial charge in [-0.05, 0) is 35.9 Å². The van der Waals surface area contributed by atoms with Crippen LogP contribution in [0.25, 0.3) is 11.1 Å². The molecule has 1 aliphatic heterocycles. The van der Waals surface area contributed by atoms with Crippen molar-refractivity contribution in [1.29, 1.82) is 0 Å². The minimum atomic E-state index is -3.99. The molecular weight excluding hydrogens is 464 g/mol. The molecule has 0 unspecified atom stereocenters. The molecule has 176 valence electrons. The van der Waals surface area contributed by atoms with Crippen LogP contribution in [0, 0.1) is 0 Å². The second-order valence-corrected chi connectivity index (χ2v) is 9.50. The Labute approximate surface area is 203 Å². The highest BCUT2D eigenvalue weighted by atomic mass is 32.2. The van der Waals surface area contributed by atoms with Crippen LogP contribution in [-0.2, 0) is 10.0 Å². The van der Waals surface area contributed by atoms with Crippen LogP contribution in [0.5, 0.6) is 11.5 Å². The van der Waals surface area contributed by atoms with E-state index in [1.165, 1.54) is 12.1 Å². The molecule has 0 saturated carbocycles. The van der Waals surface area contributed by atoms with E-state index >= 15 is 0 Å². The summed E-state index contributed by atoms with van der Waals surface area (Å²) >= 11 is 0. The number of para-hydroxylation sites is 2. The normalized spacial score (nSPS) is 12.6. The van der Waals surface area contributed by atoms with Crippen LogP contribution in [0.1, 0.15) is 10.4 Å². The monoisotopic (exact) mass is 486 g/mol. The van der Waals surface area contributed by atoms with Gasteiger partial charge in [0.15, 0.2) is 11.5 Å². The molecule has 0 atom stereocenters. The van der Waals surface area contributed by atoms with Gasteiger partial charge in [-0.2, -0.15) is 0 Å². The Bertz CT molecular complexity index is 1490. The van der Waals surface area contributed by atoms with Gasteiger partial charge in [-0.25, -0.2) is 8.42 Å². The zero-order valence-electron chi connectivity index (χ0n) is 18.6. The highest BCUT2D eigenvalue weighted by molar-refractivity contribution is 7.92. The average Bonchev–Trinajstić information content (AvgIpc) is 2.89. The van der Waals surface area contributed by atoms with Gasteiger partial charge in [-0.15, -0.1) is 0 Å². The van der Waals surface area contributed by atoms with E-state index in [1.807, 2.05) is 54.6 Å². The molecule has 8 heteroatoms. The maximum absolute atomic E-state index is 13.2. The Morgan fingerprint density at radius 1 is 0.714 bits per heavy atom. The number of amides is 1. The van der Waals surface area contributed by atoms with Crippen LogP contribution in [-0.4, -0.2) is 27.5 Å². The fraction of sp³-hybridized carbons (Fsp3) is 0.0741. The van der Waals surface area contributed by atoms with E-state index < -0.39 is 15.9 Å². The van der Waals surface area contributed by atoms with E-state index in [0.717, 1.165) is 11.1 Å². The minimum absolute atomic E-state index is 0.00591. The number of rotatable bonds is 6. The molecule has 4 aromatic carbocycles. The highest BCUT2D eigenvalue weighted by Crippen LogP contribution is 2.33. The van der Waals surface area contributed by atoms with Crippen LogP contribution in [0.2, 0.25) is 0 Å². The van der Waals surface area contributed by atoms with Crippen molar-refractivity contribution in [1.82, 2.24) is 0 Å². The molecule has 5 rings (SSSR count). The molecule has 0 spiro atoms. The van der Waals surface area contributed by atoms with E-state index in [9.17, 15) is 13.2 Å². The number of nitrogens with one attached hydrogen (secondary N) is 2. The van der Waals surface area contributed by atoms with Gasteiger partial charge in [-0.3, -0.25) is 9.52 Å². The summed E-state index contributed by atoms with van der Waals surface area (Å²) in [5.41, 5.74) is 2.79. The van der Waals surface area contributed by atoms with Gasteiger partial charge in [-0.1, -0.05) is 60.7 Å². The average molecular weight is 487 g/mol.